The van der Waals surface area contributed by atoms with Crippen LogP contribution in [0.15, 0.2) is 0 Å². The molecule has 0 aliphatic heterocycles. The molecule has 0 heterocycles. The van der Waals surface area contributed by atoms with E-state index in [-0.39, 0.29) is 34.8 Å². The average Bonchev–Trinajstić information content (AvgIpc) is 2.67. The van der Waals surface area contributed by atoms with Crippen LogP contribution in [0.25, 0.3) is 0 Å². The lowest BCUT2D eigenvalue weighted by Gasteiger charge is -2.11. The maximum Gasteiger partial charge on any atom is 0.161 e. The van der Waals surface area contributed by atoms with Gasteiger partial charge in [-0.3, -0.25) is 30.2 Å². The quantitative estimate of drug-likeness (QED) is 0.186. The summed E-state index contributed by atoms with van der Waals surface area (Å²) in [5, 5.41) is 0. The van der Waals surface area contributed by atoms with Crippen LogP contribution in [0.4, 0.5) is 0 Å². The second kappa shape index (κ2) is 19.4. The summed E-state index contributed by atoms with van der Waals surface area (Å²) in [5.74, 6) is 0.0397. The van der Waals surface area contributed by atoms with Crippen LogP contribution in [-0.2, 0) is 19.3 Å². The van der Waals surface area contributed by atoms with Crippen LogP contribution < -0.4 is 11.0 Å². The monoisotopic (exact) mass is 432 g/mol. The van der Waals surface area contributed by atoms with Crippen LogP contribution in [0, 0.1) is 0 Å². The molecule has 0 fully saturated rings. The van der Waals surface area contributed by atoms with Crippen molar-refractivity contribution < 1.29 is 19.3 Å². The first-order chi connectivity index (χ1) is 13.5. The van der Waals surface area contributed by atoms with Crippen molar-refractivity contribution in [3.05, 3.63) is 0 Å². The average molecular weight is 433 g/mol. The standard InChI is InChI=1S/C20H36N2O4S2/c1-3-5-7-9-11-13-17(23)15-25-21-19(27)20(28)22-26-16-18(24)14-12-10-8-6-4-2/h3-16H2,1-2H3,(H,21,27)(H,22,28). The van der Waals surface area contributed by atoms with E-state index in [0.29, 0.717) is 12.8 Å². The molecule has 0 bridgehead atoms. The fourth-order valence-corrected chi connectivity index (χ4v) is 2.65. The van der Waals surface area contributed by atoms with Crippen LogP contribution in [0.3, 0.4) is 0 Å². The van der Waals surface area contributed by atoms with E-state index < -0.39 is 0 Å². The number of hydrogen-bond acceptors (Lipinski definition) is 6. The second-order valence-electron chi connectivity index (χ2n) is 6.85. The maximum absolute atomic E-state index is 11.7. The van der Waals surface area contributed by atoms with Crippen LogP contribution >= 0.6 is 24.4 Å². The Bertz CT molecular complexity index is 431. The van der Waals surface area contributed by atoms with Gasteiger partial charge in [-0.1, -0.05) is 89.6 Å². The first-order valence-electron chi connectivity index (χ1n) is 10.4. The summed E-state index contributed by atoms with van der Waals surface area (Å²) in [5.41, 5.74) is 4.92. The number of nitrogens with one attached hydrogen (secondary N) is 2. The molecule has 0 rings (SSSR count). The summed E-state index contributed by atoms with van der Waals surface area (Å²) in [7, 11) is 0. The molecule has 0 aromatic carbocycles. The predicted molar refractivity (Wildman–Crippen MR) is 120 cm³/mol. The summed E-state index contributed by atoms with van der Waals surface area (Å²) in [6.45, 7) is 4.19. The Kier molecular flexibility index (Phi) is 18.7. The maximum atomic E-state index is 11.7. The molecule has 0 unspecified atom stereocenters. The first-order valence-corrected chi connectivity index (χ1v) is 11.2. The van der Waals surface area contributed by atoms with E-state index in [1.54, 1.807) is 0 Å². The van der Waals surface area contributed by atoms with E-state index in [9.17, 15) is 9.59 Å². The number of hydroxylamine groups is 2. The lowest BCUT2D eigenvalue weighted by atomic mass is 10.1. The van der Waals surface area contributed by atoms with Gasteiger partial charge in [0, 0.05) is 12.8 Å². The highest BCUT2D eigenvalue weighted by molar-refractivity contribution is 7.89. The molecule has 28 heavy (non-hydrogen) atoms. The van der Waals surface area contributed by atoms with Gasteiger partial charge in [-0.15, -0.1) is 0 Å². The first kappa shape index (κ1) is 27.0. The zero-order chi connectivity index (χ0) is 21.0. The Hall–Kier alpha value is -0.960. The van der Waals surface area contributed by atoms with E-state index in [1.165, 1.54) is 25.7 Å². The number of rotatable bonds is 18. The van der Waals surface area contributed by atoms with Crippen molar-refractivity contribution in [3.8, 4) is 0 Å². The molecular formula is C20H36N2O4S2. The largest absolute Gasteiger partial charge is 0.297 e. The molecule has 0 saturated carbocycles. The number of carbonyl (C=O) groups excluding carboxylic acids is 2. The lowest BCUT2D eigenvalue weighted by molar-refractivity contribution is -0.126. The SMILES string of the molecule is CCCCCCCC(=O)CONC(=S)C(=S)NOCC(=O)CCCCCCC. The number of thiocarbonyl (C=S) groups is 2. The van der Waals surface area contributed by atoms with Gasteiger partial charge in [0.25, 0.3) is 0 Å². The molecule has 0 aliphatic rings. The van der Waals surface area contributed by atoms with Crippen molar-refractivity contribution >= 4 is 46.0 Å². The van der Waals surface area contributed by atoms with Crippen LogP contribution in [0.5, 0.6) is 0 Å². The molecule has 6 nitrogen and oxygen atoms in total. The summed E-state index contributed by atoms with van der Waals surface area (Å²) < 4.78 is 0. The topological polar surface area (TPSA) is 76.7 Å². The Morgan fingerprint density at radius 3 is 1.36 bits per heavy atom. The minimum absolute atomic E-state index is 0.0199. The van der Waals surface area contributed by atoms with Crippen molar-refractivity contribution in [3.63, 3.8) is 0 Å². The lowest BCUT2D eigenvalue weighted by Crippen LogP contribution is -2.38. The predicted octanol–water partition coefficient (Wildman–Crippen LogP) is 4.54. The minimum Gasteiger partial charge on any atom is -0.297 e. The molecule has 0 aromatic heterocycles. The van der Waals surface area contributed by atoms with Gasteiger partial charge in [-0.2, -0.15) is 0 Å². The van der Waals surface area contributed by atoms with E-state index in [1.807, 2.05) is 0 Å². The van der Waals surface area contributed by atoms with E-state index in [2.05, 4.69) is 24.8 Å². The van der Waals surface area contributed by atoms with Gasteiger partial charge >= 0.3 is 0 Å². The highest BCUT2D eigenvalue weighted by Crippen LogP contribution is 2.06. The fourth-order valence-electron chi connectivity index (χ4n) is 2.45. The minimum atomic E-state index is -0.0616. The van der Waals surface area contributed by atoms with E-state index in [0.717, 1.165) is 38.5 Å². The summed E-state index contributed by atoms with van der Waals surface area (Å²) in [6.07, 6.45) is 12.0. The number of unbranched alkanes of at least 4 members (excludes halogenated alkanes) is 8. The highest BCUT2D eigenvalue weighted by Gasteiger charge is 2.08. The van der Waals surface area contributed by atoms with Crippen molar-refractivity contribution in [1.29, 1.82) is 0 Å². The van der Waals surface area contributed by atoms with Crippen molar-refractivity contribution in [2.45, 2.75) is 90.9 Å². The van der Waals surface area contributed by atoms with Gasteiger partial charge in [-0.25, -0.2) is 0 Å². The third-order valence-corrected chi connectivity index (χ3v) is 4.82. The molecule has 0 atom stereocenters. The molecule has 0 aliphatic carbocycles. The summed E-state index contributed by atoms with van der Waals surface area (Å²) >= 11 is 10.1. The summed E-state index contributed by atoms with van der Waals surface area (Å²) in [4.78, 5) is 33.8. The Morgan fingerprint density at radius 2 is 1.00 bits per heavy atom. The number of Topliss-reactive ketones (excluding diaryl/α,β-unsaturated/α-hetero) is 2. The number of hydrogen-bond donors (Lipinski definition) is 2. The van der Waals surface area contributed by atoms with E-state index >= 15 is 0 Å². The molecule has 8 heteroatoms. The van der Waals surface area contributed by atoms with Crippen molar-refractivity contribution in [2.24, 2.45) is 0 Å². The summed E-state index contributed by atoms with van der Waals surface area (Å²) in [6, 6.07) is 0. The third kappa shape index (κ3) is 17.2. The number of ketones is 2. The van der Waals surface area contributed by atoms with E-state index in [4.69, 9.17) is 34.1 Å². The van der Waals surface area contributed by atoms with Crippen molar-refractivity contribution in [2.75, 3.05) is 13.2 Å². The molecule has 0 saturated heterocycles. The van der Waals surface area contributed by atoms with Crippen molar-refractivity contribution in [1.82, 2.24) is 11.0 Å². The zero-order valence-electron chi connectivity index (χ0n) is 17.3. The normalized spacial score (nSPS) is 10.5. The van der Waals surface area contributed by atoms with Gasteiger partial charge in [0.1, 0.15) is 13.2 Å². The molecular weight excluding hydrogens is 396 g/mol. The Morgan fingerprint density at radius 1 is 0.643 bits per heavy atom. The van der Waals surface area contributed by atoms with Crippen LogP contribution in [0.2, 0.25) is 0 Å². The fraction of sp³-hybridized carbons (Fsp3) is 0.800. The third-order valence-electron chi connectivity index (χ3n) is 4.12. The van der Waals surface area contributed by atoms with Crippen LogP contribution in [0.1, 0.15) is 90.9 Å². The van der Waals surface area contributed by atoms with Gasteiger partial charge in [-0.05, 0) is 12.8 Å². The van der Waals surface area contributed by atoms with Gasteiger partial charge in [0.05, 0.1) is 0 Å². The van der Waals surface area contributed by atoms with Gasteiger partial charge in [0.15, 0.2) is 21.5 Å². The molecule has 0 aromatic rings. The number of carbonyl (C=O) groups is 2. The molecule has 162 valence electrons. The Balaban J connectivity index is 3.66. The second-order valence-corrected chi connectivity index (χ2v) is 7.66. The van der Waals surface area contributed by atoms with Gasteiger partial charge in [0.2, 0.25) is 0 Å². The molecule has 0 amide bonds. The zero-order valence-corrected chi connectivity index (χ0v) is 19.0. The van der Waals surface area contributed by atoms with Crippen LogP contribution in [-0.4, -0.2) is 34.8 Å². The molecule has 2 N–H and O–H groups in total. The Labute approximate surface area is 180 Å². The van der Waals surface area contributed by atoms with Gasteiger partial charge < -0.3 is 0 Å². The highest BCUT2D eigenvalue weighted by atomic mass is 32.1. The molecule has 0 spiro atoms. The molecule has 0 radical (unpaired) electrons. The smallest absolute Gasteiger partial charge is 0.161 e.